The van der Waals surface area contributed by atoms with Crippen LogP contribution in [0.5, 0.6) is 0 Å². The predicted octanol–water partition coefficient (Wildman–Crippen LogP) is 2.09. The number of nitrogens with zero attached hydrogens (tertiary/aromatic N) is 3. The van der Waals surface area contributed by atoms with Gasteiger partial charge in [0.25, 0.3) is 5.91 Å². The Hall–Kier alpha value is -1.88. The molecule has 0 N–H and O–H groups in total. The Morgan fingerprint density at radius 3 is 2.89 bits per heavy atom. The van der Waals surface area contributed by atoms with E-state index >= 15 is 0 Å². The monoisotopic (exact) mass is 259 g/mol. The van der Waals surface area contributed by atoms with E-state index in [1.807, 2.05) is 16.7 Å². The van der Waals surface area contributed by atoms with Crippen LogP contribution >= 0.6 is 0 Å². The summed E-state index contributed by atoms with van der Waals surface area (Å²) in [6.45, 7) is 2.24. The molecule has 1 aliphatic carbocycles. The lowest BCUT2D eigenvalue weighted by molar-refractivity contribution is -0.0761. The fraction of sp³-hybridized carbons (Fsp3) is 0.429. The number of pyridine rings is 1. The van der Waals surface area contributed by atoms with E-state index < -0.39 is 0 Å². The van der Waals surface area contributed by atoms with Crippen molar-refractivity contribution in [1.29, 1.82) is 0 Å². The lowest BCUT2D eigenvalue weighted by Gasteiger charge is -2.13. The van der Waals surface area contributed by atoms with Crippen molar-refractivity contribution in [2.24, 2.45) is 5.92 Å². The van der Waals surface area contributed by atoms with Gasteiger partial charge in [-0.05, 0) is 29.9 Å². The Labute approximate surface area is 111 Å². The Balaban J connectivity index is 2.03. The lowest BCUT2D eigenvalue weighted by atomic mass is 10.1. The number of rotatable bonds is 3. The van der Waals surface area contributed by atoms with E-state index in [9.17, 15) is 4.79 Å². The molecule has 2 heterocycles. The van der Waals surface area contributed by atoms with Crippen molar-refractivity contribution in [1.82, 2.24) is 14.4 Å². The SMILES string of the molecule is CON(C)C(=O)c1cnc2ccc([C@H]3CC3C)cn12. The van der Waals surface area contributed by atoms with E-state index in [0.29, 0.717) is 11.6 Å². The topological polar surface area (TPSA) is 46.8 Å². The number of hydrogen-bond donors (Lipinski definition) is 0. The lowest BCUT2D eigenvalue weighted by Crippen LogP contribution is -2.26. The molecule has 0 radical (unpaired) electrons. The second kappa shape index (κ2) is 4.35. The van der Waals surface area contributed by atoms with Crippen LogP contribution in [-0.4, -0.2) is 34.5 Å². The molecule has 1 fully saturated rings. The molecule has 5 heteroatoms. The zero-order valence-corrected chi connectivity index (χ0v) is 11.3. The van der Waals surface area contributed by atoms with Gasteiger partial charge in [0.1, 0.15) is 11.3 Å². The highest BCUT2D eigenvalue weighted by molar-refractivity contribution is 5.92. The minimum atomic E-state index is -0.198. The van der Waals surface area contributed by atoms with Gasteiger partial charge in [0.15, 0.2) is 0 Å². The average Bonchev–Trinajstić information content (AvgIpc) is 3.01. The first kappa shape index (κ1) is 12.2. The van der Waals surface area contributed by atoms with Crippen LogP contribution in [0.2, 0.25) is 0 Å². The molecule has 100 valence electrons. The van der Waals surface area contributed by atoms with Gasteiger partial charge in [-0.3, -0.25) is 14.0 Å². The molecule has 2 atom stereocenters. The molecule has 1 unspecified atom stereocenters. The van der Waals surface area contributed by atoms with Gasteiger partial charge in [0, 0.05) is 13.2 Å². The molecule has 0 saturated heterocycles. The molecule has 3 rings (SSSR count). The second-order valence-electron chi connectivity index (χ2n) is 5.14. The first-order chi connectivity index (χ1) is 9.11. The van der Waals surface area contributed by atoms with Crippen molar-refractivity contribution < 1.29 is 9.63 Å². The highest BCUT2D eigenvalue weighted by Gasteiger charge is 2.34. The van der Waals surface area contributed by atoms with E-state index in [1.165, 1.54) is 24.2 Å². The van der Waals surface area contributed by atoms with Crippen LogP contribution in [0.1, 0.15) is 35.3 Å². The smallest absolute Gasteiger partial charge is 0.295 e. The maximum absolute atomic E-state index is 12.2. The van der Waals surface area contributed by atoms with E-state index in [-0.39, 0.29) is 5.91 Å². The van der Waals surface area contributed by atoms with E-state index in [2.05, 4.69) is 18.0 Å². The molecule has 5 nitrogen and oxygen atoms in total. The summed E-state index contributed by atoms with van der Waals surface area (Å²) < 4.78 is 1.85. The van der Waals surface area contributed by atoms with Gasteiger partial charge in [-0.1, -0.05) is 13.0 Å². The molecule has 0 aromatic carbocycles. The van der Waals surface area contributed by atoms with Crippen LogP contribution < -0.4 is 0 Å². The molecule has 1 saturated carbocycles. The predicted molar refractivity (Wildman–Crippen MR) is 70.8 cm³/mol. The molecule has 2 aromatic heterocycles. The Kier molecular flexibility index (Phi) is 2.78. The van der Waals surface area contributed by atoms with Gasteiger partial charge in [-0.2, -0.15) is 0 Å². The van der Waals surface area contributed by atoms with Crippen LogP contribution in [-0.2, 0) is 4.84 Å². The summed E-state index contributed by atoms with van der Waals surface area (Å²) in [4.78, 5) is 21.3. The van der Waals surface area contributed by atoms with Crippen molar-refractivity contribution in [2.45, 2.75) is 19.3 Å². The van der Waals surface area contributed by atoms with Crippen LogP contribution in [0.4, 0.5) is 0 Å². The minimum Gasteiger partial charge on any atom is -0.295 e. The van der Waals surface area contributed by atoms with Gasteiger partial charge >= 0.3 is 0 Å². The number of imidazole rings is 1. The van der Waals surface area contributed by atoms with E-state index in [0.717, 1.165) is 11.6 Å². The Bertz CT molecular complexity index is 635. The highest BCUT2D eigenvalue weighted by Crippen LogP contribution is 2.46. The zero-order valence-electron chi connectivity index (χ0n) is 11.3. The molecule has 1 amide bonds. The third-order valence-corrected chi connectivity index (χ3v) is 3.85. The van der Waals surface area contributed by atoms with Crippen LogP contribution in [0.15, 0.2) is 24.5 Å². The quantitative estimate of drug-likeness (QED) is 0.793. The number of carbonyl (C=O) groups is 1. The van der Waals surface area contributed by atoms with Gasteiger partial charge in [-0.15, -0.1) is 0 Å². The number of fused-ring (bicyclic) bond motifs is 1. The van der Waals surface area contributed by atoms with Crippen LogP contribution in [0.3, 0.4) is 0 Å². The fourth-order valence-corrected chi connectivity index (χ4v) is 2.41. The van der Waals surface area contributed by atoms with Crippen molar-refractivity contribution in [2.75, 3.05) is 14.2 Å². The largest absolute Gasteiger partial charge is 0.295 e. The summed E-state index contributed by atoms with van der Waals surface area (Å²) >= 11 is 0. The molecule has 0 bridgehead atoms. The third-order valence-electron chi connectivity index (χ3n) is 3.85. The van der Waals surface area contributed by atoms with Gasteiger partial charge in [-0.25, -0.2) is 10.0 Å². The number of hydroxylamine groups is 2. The normalized spacial score (nSPS) is 21.6. The van der Waals surface area contributed by atoms with Gasteiger partial charge in [0.05, 0.1) is 13.3 Å². The molecular weight excluding hydrogens is 242 g/mol. The summed E-state index contributed by atoms with van der Waals surface area (Å²) in [7, 11) is 3.06. The van der Waals surface area contributed by atoms with Gasteiger partial charge < -0.3 is 0 Å². The molecule has 19 heavy (non-hydrogen) atoms. The zero-order chi connectivity index (χ0) is 13.6. The van der Waals surface area contributed by atoms with Crippen molar-refractivity contribution in [3.63, 3.8) is 0 Å². The van der Waals surface area contributed by atoms with Crippen molar-refractivity contribution >= 4 is 11.6 Å². The average molecular weight is 259 g/mol. The summed E-state index contributed by atoms with van der Waals surface area (Å²) in [6, 6.07) is 4.06. The molecule has 1 aliphatic rings. The number of aromatic nitrogens is 2. The molecule has 0 aliphatic heterocycles. The van der Waals surface area contributed by atoms with Gasteiger partial charge in [0.2, 0.25) is 0 Å². The standard InChI is InChI=1S/C14H17N3O2/c1-9-6-11(9)10-4-5-13-15-7-12(17(13)8-10)14(18)16(2)19-3/h4-5,7-9,11H,6H2,1-3H3/t9?,11-/m0/s1. The van der Waals surface area contributed by atoms with Crippen molar-refractivity contribution in [3.8, 4) is 0 Å². The van der Waals surface area contributed by atoms with Crippen LogP contribution in [0.25, 0.3) is 5.65 Å². The van der Waals surface area contributed by atoms with E-state index in [1.54, 1.807) is 13.2 Å². The summed E-state index contributed by atoms with van der Waals surface area (Å²) in [5.41, 5.74) is 2.58. The van der Waals surface area contributed by atoms with Crippen molar-refractivity contribution in [3.05, 3.63) is 35.8 Å². The fourth-order valence-electron chi connectivity index (χ4n) is 2.41. The molecule has 2 aromatic rings. The minimum absolute atomic E-state index is 0.198. The van der Waals surface area contributed by atoms with E-state index in [4.69, 9.17) is 4.84 Å². The maximum atomic E-state index is 12.2. The first-order valence-electron chi connectivity index (χ1n) is 6.41. The summed E-state index contributed by atoms with van der Waals surface area (Å²) in [6.07, 6.45) is 4.84. The maximum Gasteiger partial charge on any atom is 0.295 e. The molecule has 0 spiro atoms. The molecular formula is C14H17N3O2. The second-order valence-corrected chi connectivity index (χ2v) is 5.14. The third kappa shape index (κ3) is 2.00. The number of hydrogen-bond acceptors (Lipinski definition) is 3. The first-order valence-corrected chi connectivity index (χ1v) is 6.41. The number of carbonyl (C=O) groups excluding carboxylic acids is 1. The summed E-state index contributed by atoms with van der Waals surface area (Å²) in [5, 5.41) is 1.20. The number of amides is 1. The Morgan fingerprint density at radius 1 is 1.53 bits per heavy atom. The van der Waals surface area contributed by atoms with Crippen LogP contribution in [0, 0.1) is 5.92 Å². The Morgan fingerprint density at radius 2 is 2.26 bits per heavy atom. The summed E-state index contributed by atoms with van der Waals surface area (Å²) in [5.74, 6) is 1.16. The highest BCUT2D eigenvalue weighted by atomic mass is 16.7.